The number of fused-ring (bicyclic) bond motifs is 1. The molecule has 1 amide bonds. The van der Waals surface area contributed by atoms with E-state index in [1.807, 2.05) is 18.3 Å². The van der Waals surface area contributed by atoms with Crippen molar-refractivity contribution in [2.75, 3.05) is 34.3 Å². The summed E-state index contributed by atoms with van der Waals surface area (Å²) in [5, 5.41) is 8.06. The Morgan fingerprint density at radius 1 is 1.28 bits per heavy atom. The topological polar surface area (TPSA) is 81.7 Å². The number of rotatable bonds is 7. The van der Waals surface area contributed by atoms with E-state index >= 15 is 0 Å². The van der Waals surface area contributed by atoms with E-state index in [4.69, 9.17) is 4.74 Å². The summed E-state index contributed by atoms with van der Waals surface area (Å²) < 4.78 is 5.52. The molecule has 7 heteroatoms. The number of hydrogen-bond acceptors (Lipinski definition) is 3. The maximum atomic E-state index is 12.0. The molecule has 7 nitrogen and oxygen atoms in total. The number of nitrogens with one attached hydrogen (secondary N) is 3. The lowest BCUT2D eigenvalue weighted by Crippen LogP contribution is -2.45. The molecule has 1 aliphatic rings. The van der Waals surface area contributed by atoms with E-state index in [2.05, 4.69) is 26.7 Å². The average Bonchev–Trinajstić information content (AvgIpc) is 3.15. The maximum absolute atomic E-state index is 12.0. The predicted molar refractivity (Wildman–Crippen MR) is 118 cm³/mol. The molecule has 0 atom stereocenters. The lowest BCUT2D eigenvalue weighted by Gasteiger charge is -2.25. The molecule has 1 heterocycles. The largest absolute Gasteiger partial charge is 0.496 e. The Morgan fingerprint density at radius 3 is 2.79 bits per heavy atom. The molecule has 1 fully saturated rings. The van der Waals surface area contributed by atoms with Gasteiger partial charge in [0.1, 0.15) is 12.3 Å². The molecule has 0 radical (unpaired) electrons. The summed E-state index contributed by atoms with van der Waals surface area (Å²) in [4.78, 5) is 21.4. The first-order valence-electron chi connectivity index (χ1n) is 10.5. The van der Waals surface area contributed by atoms with Crippen LogP contribution in [0.25, 0.3) is 10.9 Å². The molecule has 29 heavy (non-hydrogen) atoms. The van der Waals surface area contributed by atoms with Crippen molar-refractivity contribution in [1.29, 1.82) is 0 Å². The normalized spacial score (nSPS) is 15.3. The number of carbonyl (C=O) groups is 1. The van der Waals surface area contributed by atoms with E-state index in [0.717, 1.165) is 48.4 Å². The highest BCUT2D eigenvalue weighted by molar-refractivity contribution is 5.89. The van der Waals surface area contributed by atoms with Gasteiger partial charge in [0, 0.05) is 43.8 Å². The highest BCUT2D eigenvalue weighted by Gasteiger charge is 2.15. The molecule has 1 aromatic carbocycles. The van der Waals surface area contributed by atoms with Gasteiger partial charge in [0.05, 0.1) is 7.11 Å². The van der Waals surface area contributed by atoms with E-state index < -0.39 is 0 Å². The highest BCUT2D eigenvalue weighted by Crippen LogP contribution is 2.28. The van der Waals surface area contributed by atoms with Gasteiger partial charge < -0.3 is 25.3 Å². The number of nitrogens with zero attached hydrogens (tertiary/aromatic N) is 2. The van der Waals surface area contributed by atoms with Crippen LogP contribution in [-0.2, 0) is 11.2 Å². The Hall–Kier alpha value is -2.70. The highest BCUT2D eigenvalue weighted by atomic mass is 16.5. The number of aromatic amines is 1. The first kappa shape index (κ1) is 21.0. The zero-order chi connectivity index (χ0) is 20.6. The standard InChI is InChI=1S/C22H33N5O2/c1-27(2)20(28)15-25-22(26-17-8-5-4-6-9-17)23-13-12-16-14-24-18-10-7-11-19(29-3)21(16)18/h7,10-11,14,17,24H,4-6,8-9,12-13,15H2,1-3H3,(H2,23,25,26). The molecule has 0 saturated heterocycles. The zero-order valence-electron chi connectivity index (χ0n) is 17.8. The van der Waals surface area contributed by atoms with Crippen molar-refractivity contribution in [3.63, 3.8) is 0 Å². The van der Waals surface area contributed by atoms with Gasteiger partial charge in [-0.2, -0.15) is 0 Å². The van der Waals surface area contributed by atoms with Crippen LogP contribution in [0.5, 0.6) is 5.75 Å². The second-order valence-corrected chi connectivity index (χ2v) is 7.81. The first-order chi connectivity index (χ1) is 14.1. The van der Waals surface area contributed by atoms with E-state index in [1.54, 1.807) is 26.1 Å². The number of likely N-dealkylation sites (N-methyl/N-ethyl adjacent to an activating group) is 1. The Morgan fingerprint density at radius 2 is 2.07 bits per heavy atom. The fourth-order valence-electron chi connectivity index (χ4n) is 3.78. The molecule has 0 spiro atoms. The Balaban J connectivity index is 1.64. The molecule has 0 aliphatic heterocycles. The summed E-state index contributed by atoms with van der Waals surface area (Å²) in [6.07, 6.45) is 8.97. The third-order valence-corrected chi connectivity index (χ3v) is 5.47. The van der Waals surface area contributed by atoms with Crippen molar-refractivity contribution in [2.45, 2.75) is 44.6 Å². The maximum Gasteiger partial charge on any atom is 0.243 e. The van der Waals surface area contributed by atoms with Gasteiger partial charge >= 0.3 is 0 Å². The summed E-state index contributed by atoms with van der Waals surface area (Å²) >= 11 is 0. The second kappa shape index (κ2) is 10.2. The Kier molecular flexibility index (Phi) is 7.38. The summed E-state index contributed by atoms with van der Waals surface area (Å²) in [6.45, 7) is 0.871. The van der Waals surface area contributed by atoms with Gasteiger partial charge in [0.2, 0.25) is 5.91 Å². The second-order valence-electron chi connectivity index (χ2n) is 7.81. The minimum Gasteiger partial charge on any atom is -0.496 e. The van der Waals surface area contributed by atoms with Gasteiger partial charge in [-0.05, 0) is 37.0 Å². The summed E-state index contributed by atoms with van der Waals surface area (Å²) in [5.74, 6) is 1.60. The summed E-state index contributed by atoms with van der Waals surface area (Å²) in [5.41, 5.74) is 2.27. The third-order valence-electron chi connectivity index (χ3n) is 5.47. The van der Waals surface area contributed by atoms with Crippen LogP contribution in [0.15, 0.2) is 29.4 Å². The van der Waals surface area contributed by atoms with Crippen molar-refractivity contribution in [3.05, 3.63) is 30.0 Å². The molecule has 3 N–H and O–H groups in total. The van der Waals surface area contributed by atoms with Crippen molar-refractivity contribution < 1.29 is 9.53 Å². The van der Waals surface area contributed by atoms with Crippen LogP contribution >= 0.6 is 0 Å². The molecule has 1 aliphatic carbocycles. The quantitative estimate of drug-likeness (QED) is 0.494. The van der Waals surface area contributed by atoms with Crippen LogP contribution in [0, 0.1) is 0 Å². The van der Waals surface area contributed by atoms with Gasteiger partial charge in [0.15, 0.2) is 5.96 Å². The molecular formula is C22H33N5O2. The number of guanidine groups is 1. The number of hydrogen-bond donors (Lipinski definition) is 3. The number of amides is 1. The average molecular weight is 400 g/mol. The van der Waals surface area contributed by atoms with Gasteiger partial charge in [-0.25, -0.2) is 4.99 Å². The molecule has 3 rings (SSSR count). The Bertz CT molecular complexity index is 837. The van der Waals surface area contributed by atoms with Crippen molar-refractivity contribution in [3.8, 4) is 5.75 Å². The number of aromatic nitrogens is 1. The molecular weight excluding hydrogens is 366 g/mol. The third kappa shape index (κ3) is 5.65. The molecule has 1 aromatic heterocycles. The number of benzene rings is 1. The molecule has 1 saturated carbocycles. The molecule has 2 aromatic rings. The number of carbonyl (C=O) groups excluding carboxylic acids is 1. The van der Waals surface area contributed by atoms with Gasteiger partial charge in [-0.1, -0.05) is 25.3 Å². The van der Waals surface area contributed by atoms with Crippen LogP contribution < -0.4 is 15.4 Å². The summed E-state index contributed by atoms with van der Waals surface area (Å²) in [7, 11) is 5.21. The molecule has 0 bridgehead atoms. The van der Waals surface area contributed by atoms with E-state index in [-0.39, 0.29) is 12.5 Å². The lowest BCUT2D eigenvalue weighted by atomic mass is 9.96. The number of ether oxygens (including phenoxy) is 1. The van der Waals surface area contributed by atoms with Crippen LogP contribution in [0.4, 0.5) is 0 Å². The van der Waals surface area contributed by atoms with Gasteiger partial charge in [-0.3, -0.25) is 4.79 Å². The smallest absolute Gasteiger partial charge is 0.243 e. The van der Waals surface area contributed by atoms with Crippen LogP contribution in [-0.4, -0.2) is 62.1 Å². The Labute approximate surface area is 172 Å². The van der Waals surface area contributed by atoms with Gasteiger partial charge in [0.25, 0.3) is 0 Å². The van der Waals surface area contributed by atoms with Crippen molar-refractivity contribution >= 4 is 22.8 Å². The van der Waals surface area contributed by atoms with Crippen LogP contribution in [0.1, 0.15) is 37.7 Å². The van der Waals surface area contributed by atoms with Crippen LogP contribution in [0.2, 0.25) is 0 Å². The van der Waals surface area contributed by atoms with Gasteiger partial charge in [-0.15, -0.1) is 0 Å². The minimum absolute atomic E-state index is 0.00360. The number of aliphatic imine (C=N–C) groups is 1. The minimum atomic E-state index is -0.00360. The zero-order valence-corrected chi connectivity index (χ0v) is 17.8. The fraction of sp³-hybridized carbons (Fsp3) is 0.545. The number of H-pyrrole nitrogens is 1. The van der Waals surface area contributed by atoms with Crippen LogP contribution in [0.3, 0.4) is 0 Å². The van der Waals surface area contributed by atoms with Crippen molar-refractivity contribution in [2.24, 2.45) is 4.99 Å². The predicted octanol–water partition coefficient (Wildman–Crippen LogP) is 2.68. The first-order valence-corrected chi connectivity index (χ1v) is 10.5. The van der Waals surface area contributed by atoms with E-state index in [9.17, 15) is 4.79 Å². The van der Waals surface area contributed by atoms with E-state index in [0.29, 0.717) is 6.04 Å². The monoisotopic (exact) mass is 399 g/mol. The molecule has 158 valence electrons. The number of methoxy groups -OCH3 is 1. The van der Waals surface area contributed by atoms with Crippen molar-refractivity contribution in [1.82, 2.24) is 20.5 Å². The van der Waals surface area contributed by atoms with E-state index in [1.165, 1.54) is 24.8 Å². The SMILES string of the molecule is COc1cccc2[nH]cc(CCNC(=NCC(=O)N(C)C)NC3CCCCC3)c12. The lowest BCUT2D eigenvalue weighted by molar-refractivity contribution is -0.127. The fourth-order valence-corrected chi connectivity index (χ4v) is 3.78. The molecule has 0 unspecified atom stereocenters. The summed E-state index contributed by atoms with van der Waals surface area (Å²) in [6, 6.07) is 6.45.